The summed E-state index contributed by atoms with van der Waals surface area (Å²) in [6.45, 7) is 1.98. The smallest absolute Gasteiger partial charge is 0.161 e. The third-order valence-electron chi connectivity index (χ3n) is 3.17. The van der Waals surface area contributed by atoms with Crippen LogP contribution in [0.4, 0.5) is 0 Å². The van der Waals surface area contributed by atoms with Crippen LogP contribution in [0, 0.1) is 0 Å². The number of nitrogens with two attached hydrogens (primary N) is 1. The topological polar surface area (TPSA) is 74.7 Å². The number of likely N-dealkylation sites (tertiary alicyclic amines) is 1. The van der Waals surface area contributed by atoms with Gasteiger partial charge in [0, 0.05) is 12.4 Å². The first-order chi connectivity index (χ1) is 8.33. The summed E-state index contributed by atoms with van der Waals surface area (Å²) in [6, 6.07) is 3.69. The molecule has 3 N–H and O–H groups in total. The number of oxime groups is 1. The van der Waals surface area contributed by atoms with E-state index >= 15 is 0 Å². The van der Waals surface area contributed by atoms with Gasteiger partial charge in [-0.25, -0.2) is 0 Å². The molecule has 1 fully saturated rings. The van der Waals surface area contributed by atoms with Gasteiger partial charge in [-0.05, 0) is 43.6 Å². The quantitative estimate of drug-likeness (QED) is 0.358. The molecule has 5 heteroatoms. The van der Waals surface area contributed by atoms with E-state index in [1.807, 2.05) is 12.1 Å². The number of amidine groups is 1. The second kappa shape index (κ2) is 5.63. The van der Waals surface area contributed by atoms with E-state index in [9.17, 15) is 0 Å². The molecule has 1 aromatic rings. The summed E-state index contributed by atoms with van der Waals surface area (Å²) in [5.74, 6) is 0.248. The van der Waals surface area contributed by atoms with Crippen molar-refractivity contribution in [3.63, 3.8) is 0 Å². The molecule has 2 heterocycles. The van der Waals surface area contributed by atoms with Crippen molar-refractivity contribution in [2.45, 2.75) is 25.3 Å². The van der Waals surface area contributed by atoms with Crippen molar-refractivity contribution < 1.29 is 5.21 Å². The van der Waals surface area contributed by atoms with Gasteiger partial charge in [-0.15, -0.1) is 0 Å². The lowest BCUT2D eigenvalue weighted by atomic mass is 10.0. The zero-order valence-corrected chi connectivity index (χ0v) is 9.79. The summed E-state index contributed by atoms with van der Waals surface area (Å²) in [7, 11) is 0. The zero-order chi connectivity index (χ0) is 12.1. The Hall–Kier alpha value is -1.62. The second-order valence-corrected chi connectivity index (χ2v) is 4.30. The first-order valence-electron chi connectivity index (χ1n) is 5.94. The van der Waals surface area contributed by atoms with Crippen molar-refractivity contribution in [3.05, 3.63) is 30.1 Å². The molecule has 2 rings (SSSR count). The number of hydrogen-bond donors (Lipinski definition) is 2. The standard InChI is InChI=1S/C12H18N4O/c13-12(15-17)11(10-4-6-14-7-5-10)16-8-2-1-3-9-16/h4-7,11,17H,1-3,8-9H2,(H2,13,15)/t11-/m0/s1. The van der Waals surface area contributed by atoms with Crippen molar-refractivity contribution >= 4 is 5.84 Å². The Kier molecular flexibility index (Phi) is 3.93. The summed E-state index contributed by atoms with van der Waals surface area (Å²) < 4.78 is 0. The van der Waals surface area contributed by atoms with Crippen molar-refractivity contribution in [1.29, 1.82) is 0 Å². The van der Waals surface area contributed by atoms with E-state index in [1.165, 1.54) is 19.3 Å². The fourth-order valence-electron chi connectivity index (χ4n) is 2.35. The fourth-order valence-corrected chi connectivity index (χ4v) is 2.35. The lowest BCUT2D eigenvalue weighted by Crippen LogP contribution is -2.40. The van der Waals surface area contributed by atoms with E-state index in [0.29, 0.717) is 0 Å². The van der Waals surface area contributed by atoms with Crippen LogP contribution in [0.3, 0.4) is 0 Å². The molecule has 0 saturated carbocycles. The van der Waals surface area contributed by atoms with Crippen molar-refractivity contribution in [1.82, 2.24) is 9.88 Å². The van der Waals surface area contributed by atoms with Crippen molar-refractivity contribution in [2.75, 3.05) is 13.1 Å². The van der Waals surface area contributed by atoms with Gasteiger partial charge in [0.2, 0.25) is 0 Å². The van der Waals surface area contributed by atoms with Gasteiger partial charge in [0.25, 0.3) is 0 Å². The molecule has 0 spiro atoms. The van der Waals surface area contributed by atoms with Gasteiger partial charge in [0.15, 0.2) is 5.84 Å². The van der Waals surface area contributed by atoms with Crippen LogP contribution in [0.5, 0.6) is 0 Å². The predicted octanol–water partition coefficient (Wildman–Crippen LogP) is 1.35. The Morgan fingerprint density at radius 3 is 2.53 bits per heavy atom. The predicted molar refractivity (Wildman–Crippen MR) is 65.8 cm³/mol. The molecular weight excluding hydrogens is 216 g/mol. The molecule has 1 atom stereocenters. The zero-order valence-electron chi connectivity index (χ0n) is 9.79. The van der Waals surface area contributed by atoms with Crippen LogP contribution >= 0.6 is 0 Å². The Bertz CT molecular complexity index is 373. The monoisotopic (exact) mass is 234 g/mol. The maximum Gasteiger partial charge on any atom is 0.161 e. The molecular formula is C12H18N4O. The van der Waals surface area contributed by atoms with Crippen LogP contribution in [-0.4, -0.2) is 34.0 Å². The molecule has 1 saturated heterocycles. The van der Waals surface area contributed by atoms with Crippen molar-refractivity contribution in [2.24, 2.45) is 10.9 Å². The Morgan fingerprint density at radius 2 is 1.94 bits per heavy atom. The summed E-state index contributed by atoms with van der Waals surface area (Å²) in [6.07, 6.45) is 7.06. The highest BCUT2D eigenvalue weighted by Gasteiger charge is 2.25. The largest absolute Gasteiger partial charge is 0.409 e. The van der Waals surface area contributed by atoms with E-state index < -0.39 is 0 Å². The van der Waals surface area contributed by atoms with E-state index in [1.54, 1.807) is 12.4 Å². The minimum atomic E-state index is -0.136. The first-order valence-corrected chi connectivity index (χ1v) is 5.94. The fraction of sp³-hybridized carbons (Fsp3) is 0.500. The lowest BCUT2D eigenvalue weighted by Gasteiger charge is -2.33. The van der Waals surface area contributed by atoms with E-state index in [4.69, 9.17) is 10.9 Å². The second-order valence-electron chi connectivity index (χ2n) is 4.30. The summed E-state index contributed by atoms with van der Waals surface area (Å²) >= 11 is 0. The van der Waals surface area contributed by atoms with Gasteiger partial charge in [0.1, 0.15) is 0 Å². The SMILES string of the molecule is NC(=NO)[C@H](c1ccncc1)N1CCCCC1. The Morgan fingerprint density at radius 1 is 1.29 bits per heavy atom. The number of aromatic nitrogens is 1. The number of nitrogens with zero attached hydrogens (tertiary/aromatic N) is 3. The molecule has 5 nitrogen and oxygen atoms in total. The van der Waals surface area contributed by atoms with E-state index in [-0.39, 0.29) is 11.9 Å². The first kappa shape index (κ1) is 11.9. The molecule has 0 aliphatic carbocycles. The van der Waals surface area contributed by atoms with Crippen LogP contribution < -0.4 is 5.73 Å². The number of pyridine rings is 1. The van der Waals surface area contributed by atoms with Gasteiger partial charge in [-0.3, -0.25) is 9.88 Å². The minimum Gasteiger partial charge on any atom is -0.409 e. The Labute approximate surface area is 101 Å². The van der Waals surface area contributed by atoms with Crippen LogP contribution in [0.2, 0.25) is 0 Å². The minimum absolute atomic E-state index is 0.136. The summed E-state index contributed by atoms with van der Waals surface area (Å²) in [4.78, 5) is 6.25. The normalized spacial score (nSPS) is 20.1. The van der Waals surface area contributed by atoms with Crippen LogP contribution in [0.1, 0.15) is 30.9 Å². The van der Waals surface area contributed by atoms with Crippen molar-refractivity contribution in [3.8, 4) is 0 Å². The highest BCUT2D eigenvalue weighted by Crippen LogP contribution is 2.24. The molecule has 92 valence electrons. The van der Waals surface area contributed by atoms with Gasteiger partial charge in [-0.2, -0.15) is 0 Å². The lowest BCUT2D eigenvalue weighted by molar-refractivity contribution is 0.197. The van der Waals surface area contributed by atoms with E-state index in [0.717, 1.165) is 18.7 Å². The number of rotatable bonds is 3. The molecule has 1 aromatic heterocycles. The van der Waals surface area contributed by atoms with Crippen LogP contribution in [0.15, 0.2) is 29.7 Å². The van der Waals surface area contributed by atoms with Crippen LogP contribution in [0.25, 0.3) is 0 Å². The molecule has 1 aliphatic heterocycles. The van der Waals surface area contributed by atoms with Gasteiger partial charge < -0.3 is 10.9 Å². The third kappa shape index (κ3) is 2.74. The average molecular weight is 234 g/mol. The van der Waals surface area contributed by atoms with Gasteiger partial charge in [0.05, 0.1) is 6.04 Å². The molecule has 17 heavy (non-hydrogen) atoms. The molecule has 0 unspecified atom stereocenters. The molecule has 0 amide bonds. The number of piperidine rings is 1. The average Bonchev–Trinajstić information content (AvgIpc) is 2.41. The maximum absolute atomic E-state index is 8.92. The molecule has 1 aliphatic rings. The summed E-state index contributed by atoms with van der Waals surface area (Å²) in [5.41, 5.74) is 6.84. The van der Waals surface area contributed by atoms with E-state index in [2.05, 4.69) is 15.0 Å². The highest BCUT2D eigenvalue weighted by atomic mass is 16.4. The molecule has 0 bridgehead atoms. The third-order valence-corrected chi connectivity index (χ3v) is 3.17. The highest BCUT2D eigenvalue weighted by molar-refractivity contribution is 5.86. The molecule has 0 aromatic carbocycles. The summed E-state index contributed by atoms with van der Waals surface area (Å²) in [5, 5.41) is 12.1. The van der Waals surface area contributed by atoms with Gasteiger partial charge >= 0.3 is 0 Å². The van der Waals surface area contributed by atoms with Crippen LogP contribution in [-0.2, 0) is 0 Å². The van der Waals surface area contributed by atoms with Gasteiger partial charge in [-0.1, -0.05) is 11.6 Å². The Balaban J connectivity index is 2.25. The number of hydrogen-bond acceptors (Lipinski definition) is 4. The maximum atomic E-state index is 8.92. The molecule has 0 radical (unpaired) electrons.